The Morgan fingerprint density at radius 2 is 2.00 bits per heavy atom. The van der Waals surface area contributed by atoms with Crippen molar-refractivity contribution in [1.82, 2.24) is 0 Å². The number of hydrogen-bond donors (Lipinski definition) is 0. The van der Waals surface area contributed by atoms with E-state index >= 15 is 0 Å². The molecule has 3 nitrogen and oxygen atoms in total. The van der Waals surface area contributed by atoms with Crippen LogP contribution in [0.3, 0.4) is 0 Å². The van der Waals surface area contributed by atoms with Gasteiger partial charge in [-0.05, 0) is 13.8 Å². The van der Waals surface area contributed by atoms with Crippen LogP contribution >= 0.6 is 0 Å². The SMILES string of the molecule is CC(C)(F)C(=O)N=O. The second-order valence-corrected chi connectivity index (χ2v) is 1.87. The lowest BCUT2D eigenvalue weighted by Crippen LogP contribution is -2.23. The van der Waals surface area contributed by atoms with Crippen molar-refractivity contribution in [3.63, 3.8) is 0 Å². The predicted molar refractivity (Wildman–Crippen MR) is 26.0 cm³/mol. The van der Waals surface area contributed by atoms with Crippen molar-refractivity contribution >= 4 is 5.91 Å². The summed E-state index contributed by atoms with van der Waals surface area (Å²) in [4.78, 5) is 19.3. The Morgan fingerprint density at radius 3 is 2.00 bits per heavy atom. The highest BCUT2D eigenvalue weighted by Crippen LogP contribution is 2.09. The number of rotatable bonds is 1. The van der Waals surface area contributed by atoms with Gasteiger partial charge in [-0.3, -0.25) is 4.79 Å². The van der Waals surface area contributed by atoms with Gasteiger partial charge < -0.3 is 0 Å². The molecule has 0 aliphatic carbocycles. The zero-order chi connectivity index (χ0) is 6.78. The highest BCUT2D eigenvalue weighted by atomic mass is 19.1. The lowest BCUT2D eigenvalue weighted by molar-refractivity contribution is -0.127. The third kappa shape index (κ3) is 1.77. The minimum atomic E-state index is -2.11. The topological polar surface area (TPSA) is 46.5 Å². The molecule has 0 heterocycles. The van der Waals surface area contributed by atoms with Crippen LogP contribution in [0.2, 0.25) is 0 Å². The molecule has 0 saturated carbocycles. The maximum absolute atomic E-state index is 12.1. The molecule has 0 atom stereocenters. The van der Waals surface area contributed by atoms with Gasteiger partial charge in [-0.25, -0.2) is 4.39 Å². The molecule has 0 unspecified atom stereocenters. The summed E-state index contributed by atoms with van der Waals surface area (Å²) in [5.41, 5.74) is -2.11. The molecule has 46 valence electrons. The Hall–Kier alpha value is -0.800. The smallest absolute Gasteiger partial charge is 0.265 e. The van der Waals surface area contributed by atoms with E-state index in [0.717, 1.165) is 13.8 Å². The maximum atomic E-state index is 12.1. The van der Waals surface area contributed by atoms with Crippen LogP contribution in [0.5, 0.6) is 0 Å². The number of carbonyl (C=O) groups excluding carboxylic acids is 1. The van der Waals surface area contributed by atoms with Crippen molar-refractivity contribution in [1.29, 1.82) is 0 Å². The third-order valence-corrected chi connectivity index (χ3v) is 0.591. The summed E-state index contributed by atoms with van der Waals surface area (Å²) in [6, 6.07) is 0. The quantitative estimate of drug-likeness (QED) is 0.484. The number of nitrogens with zero attached hydrogens (tertiary/aromatic N) is 1. The fourth-order valence-electron chi connectivity index (χ4n) is 0.109. The van der Waals surface area contributed by atoms with Crippen LogP contribution < -0.4 is 0 Å². The molecule has 0 aromatic rings. The molecule has 0 aromatic carbocycles. The summed E-state index contributed by atoms with van der Waals surface area (Å²) in [6.07, 6.45) is 0. The van der Waals surface area contributed by atoms with Crippen LogP contribution in [0.1, 0.15) is 13.8 Å². The number of halogens is 1. The van der Waals surface area contributed by atoms with Crippen molar-refractivity contribution in [2.75, 3.05) is 0 Å². The monoisotopic (exact) mass is 119 g/mol. The minimum absolute atomic E-state index is 0.983. The van der Waals surface area contributed by atoms with Crippen LogP contribution in [0.15, 0.2) is 5.18 Å². The Bertz CT molecular complexity index is 116. The molecule has 0 aliphatic heterocycles. The zero-order valence-electron chi connectivity index (χ0n) is 4.64. The van der Waals surface area contributed by atoms with E-state index in [1.807, 2.05) is 5.18 Å². The molecule has 4 heteroatoms. The first-order valence-electron chi connectivity index (χ1n) is 2.05. The Labute approximate surface area is 45.9 Å². The Kier molecular flexibility index (Phi) is 1.78. The van der Waals surface area contributed by atoms with E-state index in [-0.39, 0.29) is 0 Å². The van der Waals surface area contributed by atoms with Gasteiger partial charge in [0, 0.05) is 5.18 Å². The van der Waals surface area contributed by atoms with E-state index in [4.69, 9.17) is 0 Å². The second-order valence-electron chi connectivity index (χ2n) is 1.87. The molecule has 0 spiro atoms. The maximum Gasteiger partial charge on any atom is 0.322 e. The fraction of sp³-hybridized carbons (Fsp3) is 0.750. The van der Waals surface area contributed by atoms with Gasteiger partial charge in [-0.15, -0.1) is 4.91 Å². The summed E-state index contributed by atoms with van der Waals surface area (Å²) < 4.78 is 12.1. The lowest BCUT2D eigenvalue weighted by atomic mass is 10.2. The van der Waals surface area contributed by atoms with E-state index in [1.165, 1.54) is 0 Å². The summed E-state index contributed by atoms with van der Waals surface area (Å²) in [5, 5.41) is 1.90. The highest BCUT2D eigenvalue weighted by Gasteiger charge is 2.27. The summed E-state index contributed by atoms with van der Waals surface area (Å²) in [6.45, 7) is 1.97. The molecule has 0 fully saturated rings. The summed E-state index contributed by atoms with van der Waals surface area (Å²) >= 11 is 0. The third-order valence-electron chi connectivity index (χ3n) is 0.591. The molecule has 0 aromatic heterocycles. The van der Waals surface area contributed by atoms with Gasteiger partial charge in [0.05, 0.1) is 0 Å². The number of carbonyl (C=O) groups is 1. The van der Waals surface area contributed by atoms with Gasteiger partial charge in [0.25, 0.3) is 0 Å². The van der Waals surface area contributed by atoms with Crippen LogP contribution in [0.4, 0.5) is 4.39 Å². The van der Waals surface area contributed by atoms with Crippen LogP contribution in [-0.2, 0) is 4.79 Å². The first kappa shape index (κ1) is 7.20. The molecule has 0 bridgehead atoms. The van der Waals surface area contributed by atoms with E-state index in [9.17, 15) is 14.1 Å². The molecule has 0 rings (SSSR count). The van der Waals surface area contributed by atoms with E-state index < -0.39 is 11.6 Å². The molecule has 0 saturated heterocycles. The van der Waals surface area contributed by atoms with Crippen molar-refractivity contribution in [3.8, 4) is 0 Å². The number of nitroso groups, excluding NO2 is 1. The van der Waals surface area contributed by atoms with Crippen molar-refractivity contribution in [3.05, 3.63) is 4.91 Å². The van der Waals surface area contributed by atoms with Crippen molar-refractivity contribution in [2.45, 2.75) is 19.5 Å². The molecule has 1 amide bonds. The van der Waals surface area contributed by atoms with Crippen LogP contribution in [0.25, 0.3) is 0 Å². The zero-order valence-corrected chi connectivity index (χ0v) is 4.64. The number of alkyl halides is 1. The number of hydrogen-bond acceptors (Lipinski definition) is 2. The molecular weight excluding hydrogens is 113 g/mol. The first-order valence-corrected chi connectivity index (χ1v) is 2.05. The van der Waals surface area contributed by atoms with Gasteiger partial charge in [0.1, 0.15) is 0 Å². The molecule has 0 radical (unpaired) electrons. The van der Waals surface area contributed by atoms with E-state index in [0.29, 0.717) is 0 Å². The fourth-order valence-corrected chi connectivity index (χ4v) is 0.109. The van der Waals surface area contributed by atoms with Crippen LogP contribution in [-0.4, -0.2) is 11.6 Å². The molecule has 0 aliphatic rings. The normalized spacial score (nSPS) is 10.9. The highest BCUT2D eigenvalue weighted by molar-refractivity contribution is 5.84. The lowest BCUT2D eigenvalue weighted by Gasteiger charge is -2.03. The van der Waals surface area contributed by atoms with Gasteiger partial charge in [0.15, 0.2) is 5.67 Å². The van der Waals surface area contributed by atoms with Gasteiger partial charge in [-0.2, -0.15) is 0 Å². The average molecular weight is 119 g/mol. The van der Waals surface area contributed by atoms with E-state index in [1.54, 1.807) is 0 Å². The molecule has 0 N–H and O–H groups in total. The number of amides is 1. The predicted octanol–water partition coefficient (Wildman–Crippen LogP) is 1.03. The average Bonchev–Trinajstić information content (AvgIpc) is 1.62. The van der Waals surface area contributed by atoms with Crippen LogP contribution in [0, 0.1) is 4.91 Å². The standard InChI is InChI=1S/C4H6FNO2/c1-4(2,5)3(7)6-8/h1-2H3. The van der Waals surface area contributed by atoms with Gasteiger partial charge in [-0.1, -0.05) is 0 Å². The van der Waals surface area contributed by atoms with Gasteiger partial charge in [0.2, 0.25) is 0 Å². The molecular formula is C4H6FNO2. The summed E-state index contributed by atoms with van der Waals surface area (Å²) in [7, 11) is 0. The van der Waals surface area contributed by atoms with Crippen molar-refractivity contribution < 1.29 is 9.18 Å². The Balaban J connectivity index is 4.02. The van der Waals surface area contributed by atoms with Gasteiger partial charge >= 0.3 is 5.91 Å². The molecule has 8 heavy (non-hydrogen) atoms. The largest absolute Gasteiger partial charge is 0.322 e. The second kappa shape index (κ2) is 1.98. The minimum Gasteiger partial charge on any atom is -0.265 e. The van der Waals surface area contributed by atoms with Crippen molar-refractivity contribution in [2.24, 2.45) is 5.18 Å². The van der Waals surface area contributed by atoms with E-state index in [2.05, 4.69) is 0 Å². The summed E-state index contributed by atoms with van der Waals surface area (Å²) in [5.74, 6) is -1.27. The Morgan fingerprint density at radius 1 is 1.62 bits per heavy atom. The first-order chi connectivity index (χ1) is 3.48.